The summed E-state index contributed by atoms with van der Waals surface area (Å²) >= 11 is 0. The third-order valence-corrected chi connectivity index (χ3v) is 1.36. The Morgan fingerprint density at radius 2 is 2.00 bits per heavy atom. The quantitative estimate of drug-likeness (QED) is 0.310. The minimum atomic E-state index is -0.422. The van der Waals surface area contributed by atoms with Gasteiger partial charge in [0.15, 0.2) is 5.90 Å². The van der Waals surface area contributed by atoms with Gasteiger partial charge in [-0.2, -0.15) is 0 Å². The van der Waals surface area contributed by atoms with Crippen LogP contribution < -0.4 is 10.6 Å². The van der Waals surface area contributed by atoms with E-state index in [0.717, 1.165) is 0 Å². The topological polar surface area (TPSA) is 91.3 Å². The molecule has 0 radical (unpaired) electrons. The fraction of sp³-hybridized carbons (Fsp3) is 0.625. The van der Waals surface area contributed by atoms with Crippen molar-refractivity contribution in [3.63, 3.8) is 0 Å². The van der Waals surface area contributed by atoms with E-state index in [0.29, 0.717) is 6.61 Å². The van der Waals surface area contributed by atoms with E-state index in [2.05, 4.69) is 10.6 Å². The zero-order chi connectivity index (χ0) is 11.0. The Hall–Kier alpha value is -1.59. The van der Waals surface area contributed by atoms with Crippen LogP contribution >= 0.6 is 0 Å². The predicted octanol–water partition coefficient (Wildman–Crippen LogP) is -0.748. The SMILES string of the molecule is CCOC(=N)CNC(=O)CC(=O)NC. The average Bonchev–Trinajstić information content (AvgIpc) is 2.15. The Kier molecular flexibility index (Phi) is 6.09. The molecule has 0 saturated heterocycles. The molecule has 3 N–H and O–H groups in total. The smallest absolute Gasteiger partial charge is 0.229 e. The van der Waals surface area contributed by atoms with Gasteiger partial charge >= 0.3 is 0 Å². The van der Waals surface area contributed by atoms with Crippen LogP contribution in [0.5, 0.6) is 0 Å². The van der Waals surface area contributed by atoms with Gasteiger partial charge in [0.1, 0.15) is 6.42 Å². The lowest BCUT2D eigenvalue weighted by Gasteiger charge is -2.06. The van der Waals surface area contributed by atoms with Gasteiger partial charge in [0.25, 0.3) is 0 Å². The maximum Gasteiger partial charge on any atom is 0.229 e. The van der Waals surface area contributed by atoms with E-state index >= 15 is 0 Å². The van der Waals surface area contributed by atoms with Gasteiger partial charge in [-0.1, -0.05) is 0 Å². The maximum absolute atomic E-state index is 11.0. The predicted molar refractivity (Wildman–Crippen MR) is 51.0 cm³/mol. The van der Waals surface area contributed by atoms with Gasteiger partial charge in [0.2, 0.25) is 11.8 Å². The van der Waals surface area contributed by atoms with Gasteiger partial charge in [0, 0.05) is 7.05 Å². The molecular weight excluding hydrogens is 186 g/mol. The van der Waals surface area contributed by atoms with Gasteiger partial charge in [-0.15, -0.1) is 0 Å². The fourth-order valence-corrected chi connectivity index (χ4v) is 0.701. The van der Waals surface area contributed by atoms with Crippen LogP contribution in [0.25, 0.3) is 0 Å². The van der Waals surface area contributed by atoms with Crippen molar-refractivity contribution < 1.29 is 14.3 Å². The molecule has 6 nitrogen and oxygen atoms in total. The first-order valence-corrected chi connectivity index (χ1v) is 4.27. The number of hydrogen-bond acceptors (Lipinski definition) is 4. The number of nitrogens with one attached hydrogen (secondary N) is 3. The number of rotatable bonds is 5. The number of carbonyl (C=O) groups excluding carboxylic acids is 2. The molecule has 14 heavy (non-hydrogen) atoms. The first-order chi connectivity index (χ1) is 6.60. The molecule has 2 amide bonds. The van der Waals surface area contributed by atoms with Gasteiger partial charge in [0.05, 0.1) is 13.2 Å². The van der Waals surface area contributed by atoms with Crippen molar-refractivity contribution in [2.75, 3.05) is 20.2 Å². The van der Waals surface area contributed by atoms with Crippen LogP contribution in [0.15, 0.2) is 0 Å². The Bertz CT molecular complexity index is 228. The highest BCUT2D eigenvalue weighted by atomic mass is 16.5. The summed E-state index contributed by atoms with van der Waals surface area (Å²) in [5.41, 5.74) is 0. The lowest BCUT2D eigenvalue weighted by molar-refractivity contribution is -0.128. The first kappa shape index (κ1) is 12.4. The van der Waals surface area contributed by atoms with E-state index in [9.17, 15) is 9.59 Å². The summed E-state index contributed by atoms with van der Waals surface area (Å²) in [6.07, 6.45) is -0.226. The largest absolute Gasteiger partial charge is 0.480 e. The zero-order valence-electron chi connectivity index (χ0n) is 8.35. The maximum atomic E-state index is 11.0. The van der Waals surface area contributed by atoms with Crippen molar-refractivity contribution in [1.29, 1.82) is 5.41 Å². The van der Waals surface area contributed by atoms with Crippen LogP contribution in [-0.4, -0.2) is 37.9 Å². The number of ether oxygens (including phenoxy) is 1. The summed E-state index contributed by atoms with van der Waals surface area (Å²) in [5.74, 6) is -0.794. The minimum absolute atomic E-state index is 0.0160. The Balaban J connectivity index is 3.63. The minimum Gasteiger partial charge on any atom is -0.480 e. The Labute approximate surface area is 82.5 Å². The Morgan fingerprint density at radius 3 is 2.50 bits per heavy atom. The summed E-state index contributed by atoms with van der Waals surface area (Å²) in [4.78, 5) is 21.7. The molecule has 80 valence electrons. The standard InChI is InChI=1S/C8H15N3O3/c1-3-14-6(9)5-11-8(13)4-7(12)10-2/h9H,3-5H2,1-2H3,(H,10,12)(H,11,13). The number of amides is 2. The highest BCUT2D eigenvalue weighted by Crippen LogP contribution is 1.81. The summed E-state index contributed by atoms with van der Waals surface area (Å²) < 4.78 is 4.79. The van der Waals surface area contributed by atoms with Crippen LogP contribution in [-0.2, 0) is 14.3 Å². The molecule has 0 spiro atoms. The highest BCUT2D eigenvalue weighted by molar-refractivity contribution is 5.97. The first-order valence-electron chi connectivity index (χ1n) is 4.27. The normalized spacial score (nSPS) is 9.00. The van der Waals surface area contributed by atoms with Crippen molar-refractivity contribution in [2.45, 2.75) is 13.3 Å². The van der Waals surface area contributed by atoms with Crippen LogP contribution in [0.3, 0.4) is 0 Å². The van der Waals surface area contributed by atoms with Gasteiger partial charge in [-0.05, 0) is 6.92 Å². The third kappa shape index (κ3) is 5.99. The van der Waals surface area contributed by atoms with Crippen LogP contribution in [0.1, 0.15) is 13.3 Å². The third-order valence-electron chi connectivity index (χ3n) is 1.36. The zero-order valence-corrected chi connectivity index (χ0v) is 8.35. The van der Waals surface area contributed by atoms with E-state index in [-0.39, 0.29) is 24.8 Å². The molecule has 0 aliphatic heterocycles. The van der Waals surface area contributed by atoms with Crippen molar-refractivity contribution in [3.8, 4) is 0 Å². The molecule has 0 aliphatic carbocycles. The average molecular weight is 201 g/mol. The lowest BCUT2D eigenvalue weighted by atomic mass is 10.4. The summed E-state index contributed by atoms with van der Waals surface area (Å²) in [7, 11) is 1.46. The second-order valence-electron chi connectivity index (χ2n) is 2.48. The van der Waals surface area contributed by atoms with E-state index in [1.165, 1.54) is 7.05 Å². The lowest BCUT2D eigenvalue weighted by Crippen LogP contribution is -2.34. The van der Waals surface area contributed by atoms with E-state index in [1.54, 1.807) is 6.92 Å². The molecule has 0 heterocycles. The van der Waals surface area contributed by atoms with Crippen molar-refractivity contribution in [3.05, 3.63) is 0 Å². The second-order valence-corrected chi connectivity index (χ2v) is 2.48. The molecule has 0 fully saturated rings. The molecule has 0 saturated carbocycles. The number of hydrogen-bond donors (Lipinski definition) is 3. The van der Waals surface area contributed by atoms with Crippen molar-refractivity contribution in [2.24, 2.45) is 0 Å². The molecular formula is C8H15N3O3. The van der Waals surface area contributed by atoms with Crippen molar-refractivity contribution in [1.82, 2.24) is 10.6 Å². The van der Waals surface area contributed by atoms with Crippen molar-refractivity contribution >= 4 is 17.7 Å². The van der Waals surface area contributed by atoms with E-state index in [1.807, 2.05) is 0 Å². The monoisotopic (exact) mass is 201 g/mol. The van der Waals surface area contributed by atoms with Gasteiger partial charge < -0.3 is 15.4 Å². The molecule has 0 aliphatic rings. The molecule has 0 aromatic heterocycles. The highest BCUT2D eigenvalue weighted by Gasteiger charge is 2.07. The summed E-state index contributed by atoms with van der Waals surface area (Å²) in [5, 5.41) is 11.9. The fourth-order valence-electron chi connectivity index (χ4n) is 0.701. The second kappa shape index (κ2) is 6.88. The van der Waals surface area contributed by atoms with Crippen LogP contribution in [0, 0.1) is 5.41 Å². The van der Waals surface area contributed by atoms with E-state index < -0.39 is 5.91 Å². The summed E-state index contributed by atoms with van der Waals surface area (Å²) in [6.45, 7) is 2.16. The molecule has 0 unspecified atom stereocenters. The Morgan fingerprint density at radius 1 is 1.36 bits per heavy atom. The number of carbonyl (C=O) groups is 2. The molecule has 0 rings (SSSR count). The molecule has 6 heteroatoms. The molecule has 0 aromatic rings. The van der Waals surface area contributed by atoms with Crippen LogP contribution in [0.2, 0.25) is 0 Å². The summed E-state index contributed by atoms with van der Waals surface area (Å²) in [6, 6.07) is 0. The van der Waals surface area contributed by atoms with Gasteiger partial charge in [-0.25, -0.2) is 0 Å². The van der Waals surface area contributed by atoms with Crippen LogP contribution in [0.4, 0.5) is 0 Å². The molecule has 0 atom stereocenters. The molecule has 0 aromatic carbocycles. The van der Waals surface area contributed by atoms with E-state index in [4.69, 9.17) is 10.1 Å². The van der Waals surface area contributed by atoms with Gasteiger partial charge in [-0.3, -0.25) is 15.0 Å². The molecule has 0 bridgehead atoms.